The largest absolute Gasteiger partial charge is 0.496 e. The van der Waals surface area contributed by atoms with Crippen LogP contribution in [0.2, 0.25) is 0 Å². The second-order valence-corrected chi connectivity index (χ2v) is 9.39. The lowest BCUT2D eigenvalue weighted by molar-refractivity contribution is -0.126. The monoisotopic (exact) mass is 449 g/mol. The van der Waals surface area contributed by atoms with Crippen molar-refractivity contribution in [3.05, 3.63) is 59.9 Å². The maximum Gasteiger partial charge on any atom is 0.243 e. The van der Waals surface area contributed by atoms with Crippen LogP contribution in [0, 0.1) is 5.82 Å². The highest BCUT2D eigenvalue weighted by atomic mass is 32.2. The van der Waals surface area contributed by atoms with E-state index < -0.39 is 21.9 Å². The lowest BCUT2D eigenvalue weighted by atomic mass is 10.2. The molecule has 0 radical (unpaired) electrons. The normalized spacial score (nSPS) is 17.0. The van der Waals surface area contributed by atoms with E-state index in [1.165, 1.54) is 16.4 Å². The van der Waals surface area contributed by atoms with Crippen molar-refractivity contribution < 1.29 is 22.3 Å². The summed E-state index contributed by atoms with van der Waals surface area (Å²) in [5.41, 5.74) is 0.887. The van der Waals surface area contributed by atoms with Crippen molar-refractivity contribution in [3.63, 3.8) is 0 Å². The predicted octanol–water partition coefficient (Wildman–Crippen LogP) is 2.24. The molecule has 9 heteroatoms. The number of hydrogen-bond donors (Lipinski definition) is 1. The predicted molar refractivity (Wildman–Crippen MR) is 116 cm³/mol. The number of nitrogens with zero attached hydrogens (tertiary/aromatic N) is 2. The van der Waals surface area contributed by atoms with Gasteiger partial charge in [-0.2, -0.15) is 4.31 Å². The number of rotatable bonds is 7. The summed E-state index contributed by atoms with van der Waals surface area (Å²) in [6.45, 7) is 3.84. The Labute approximate surface area is 182 Å². The number of sulfonamides is 1. The molecule has 0 saturated carbocycles. The van der Waals surface area contributed by atoms with E-state index in [2.05, 4.69) is 5.32 Å². The highest BCUT2D eigenvalue weighted by Gasteiger charge is 2.30. The zero-order valence-corrected chi connectivity index (χ0v) is 18.6. The van der Waals surface area contributed by atoms with Gasteiger partial charge in [0.2, 0.25) is 15.9 Å². The van der Waals surface area contributed by atoms with Gasteiger partial charge in [-0.05, 0) is 43.7 Å². The summed E-state index contributed by atoms with van der Waals surface area (Å²) in [5.74, 6) is 0.113. The molecule has 1 fully saturated rings. The number of amides is 1. The molecule has 7 nitrogen and oxygen atoms in total. The minimum Gasteiger partial charge on any atom is -0.496 e. The first-order valence-corrected chi connectivity index (χ1v) is 11.7. The number of halogens is 1. The fraction of sp³-hybridized carbons (Fsp3) is 0.409. The lowest BCUT2D eigenvalue weighted by Crippen LogP contribution is -2.46. The molecular formula is C22H28FN3O4S. The summed E-state index contributed by atoms with van der Waals surface area (Å²) in [6, 6.07) is 11.9. The molecule has 1 atom stereocenters. The number of nitrogens with one attached hydrogen (secondary N) is 1. The summed E-state index contributed by atoms with van der Waals surface area (Å²) in [5, 5.41) is 2.94. The van der Waals surface area contributed by atoms with Gasteiger partial charge in [-0.15, -0.1) is 0 Å². The Morgan fingerprint density at radius 1 is 1.10 bits per heavy atom. The van der Waals surface area contributed by atoms with Crippen LogP contribution in [0.4, 0.5) is 4.39 Å². The first-order chi connectivity index (χ1) is 14.8. The highest BCUT2D eigenvalue weighted by Crippen LogP contribution is 2.20. The molecule has 1 aliphatic rings. The van der Waals surface area contributed by atoms with Gasteiger partial charge in [0.05, 0.1) is 18.0 Å². The van der Waals surface area contributed by atoms with Crippen LogP contribution in [-0.2, 0) is 21.4 Å². The number of para-hydroxylation sites is 1. The Kier molecular flexibility index (Phi) is 7.64. The molecule has 1 N–H and O–H groups in total. The van der Waals surface area contributed by atoms with E-state index in [-0.39, 0.29) is 17.3 Å². The third-order valence-electron chi connectivity index (χ3n) is 5.51. The Morgan fingerprint density at radius 2 is 1.81 bits per heavy atom. The van der Waals surface area contributed by atoms with Gasteiger partial charge in [-0.3, -0.25) is 9.69 Å². The van der Waals surface area contributed by atoms with E-state index in [9.17, 15) is 17.6 Å². The smallest absolute Gasteiger partial charge is 0.243 e. The molecule has 0 spiro atoms. The number of carbonyl (C=O) groups excluding carboxylic acids is 1. The van der Waals surface area contributed by atoms with Crippen LogP contribution in [0.5, 0.6) is 5.75 Å². The quantitative estimate of drug-likeness (QED) is 0.701. The first kappa shape index (κ1) is 23.2. The standard InChI is InChI=1S/C22H28FN3O4S/c1-17(22(27)24-16-18-6-3-4-7-21(18)30-2)25-12-5-13-26(15-14-25)31(28,29)20-10-8-19(23)9-11-20/h3-4,6-11,17H,5,12-16H2,1-2H3,(H,24,27)/t17-/m0/s1. The molecule has 0 aliphatic carbocycles. The molecule has 3 rings (SSSR count). The molecule has 2 aromatic carbocycles. The summed E-state index contributed by atoms with van der Waals surface area (Å²) in [4.78, 5) is 14.8. The van der Waals surface area contributed by atoms with Crippen molar-refractivity contribution in [2.24, 2.45) is 0 Å². The fourth-order valence-electron chi connectivity index (χ4n) is 3.64. The second kappa shape index (κ2) is 10.2. The summed E-state index contributed by atoms with van der Waals surface area (Å²) < 4.78 is 45.6. The maximum absolute atomic E-state index is 13.2. The minimum absolute atomic E-state index is 0.0740. The molecule has 0 unspecified atom stereocenters. The third-order valence-corrected chi connectivity index (χ3v) is 7.43. The van der Waals surface area contributed by atoms with Crippen LogP contribution in [0.15, 0.2) is 53.4 Å². The Balaban J connectivity index is 1.59. The minimum atomic E-state index is -3.70. The van der Waals surface area contributed by atoms with Gasteiger partial charge in [0.15, 0.2) is 0 Å². The van der Waals surface area contributed by atoms with E-state index in [1.807, 2.05) is 36.1 Å². The number of ether oxygens (including phenoxy) is 1. The molecule has 1 heterocycles. The Hall–Kier alpha value is -2.49. The topological polar surface area (TPSA) is 79.0 Å². The molecule has 0 aromatic heterocycles. The van der Waals surface area contributed by atoms with Crippen LogP contribution in [0.3, 0.4) is 0 Å². The molecular weight excluding hydrogens is 421 g/mol. The van der Waals surface area contributed by atoms with E-state index in [0.717, 1.165) is 17.7 Å². The van der Waals surface area contributed by atoms with Crippen molar-refractivity contribution >= 4 is 15.9 Å². The molecule has 1 saturated heterocycles. The molecule has 31 heavy (non-hydrogen) atoms. The van der Waals surface area contributed by atoms with Crippen LogP contribution >= 0.6 is 0 Å². The van der Waals surface area contributed by atoms with Crippen LogP contribution in [0.25, 0.3) is 0 Å². The molecule has 1 amide bonds. The van der Waals surface area contributed by atoms with E-state index in [4.69, 9.17) is 4.74 Å². The molecule has 1 aliphatic heterocycles. The number of benzene rings is 2. The molecule has 0 bridgehead atoms. The number of methoxy groups -OCH3 is 1. The number of hydrogen-bond acceptors (Lipinski definition) is 5. The van der Waals surface area contributed by atoms with Gasteiger partial charge in [0, 0.05) is 38.3 Å². The van der Waals surface area contributed by atoms with Gasteiger partial charge >= 0.3 is 0 Å². The van der Waals surface area contributed by atoms with Crippen molar-refractivity contribution in [2.45, 2.75) is 30.8 Å². The van der Waals surface area contributed by atoms with Crippen LogP contribution in [0.1, 0.15) is 18.9 Å². The average Bonchev–Trinajstić information content (AvgIpc) is 3.04. The van der Waals surface area contributed by atoms with Gasteiger partial charge in [-0.25, -0.2) is 12.8 Å². The zero-order valence-electron chi connectivity index (χ0n) is 17.8. The van der Waals surface area contributed by atoms with E-state index in [0.29, 0.717) is 38.3 Å². The van der Waals surface area contributed by atoms with Gasteiger partial charge in [-0.1, -0.05) is 18.2 Å². The highest BCUT2D eigenvalue weighted by molar-refractivity contribution is 7.89. The SMILES string of the molecule is COc1ccccc1CNC(=O)[C@H](C)N1CCCN(S(=O)(=O)c2ccc(F)cc2)CC1. The van der Waals surface area contributed by atoms with Crippen molar-refractivity contribution in [3.8, 4) is 5.75 Å². The molecule has 2 aromatic rings. The Bertz CT molecular complexity index is 998. The van der Waals surface area contributed by atoms with Crippen LogP contribution < -0.4 is 10.1 Å². The van der Waals surface area contributed by atoms with Gasteiger partial charge < -0.3 is 10.1 Å². The first-order valence-electron chi connectivity index (χ1n) is 10.2. The van der Waals surface area contributed by atoms with Crippen LogP contribution in [-0.4, -0.2) is 62.9 Å². The summed E-state index contributed by atoms with van der Waals surface area (Å²) in [7, 11) is -2.11. The lowest BCUT2D eigenvalue weighted by Gasteiger charge is -2.27. The number of carbonyl (C=O) groups is 1. The van der Waals surface area contributed by atoms with Gasteiger partial charge in [0.25, 0.3) is 0 Å². The fourth-order valence-corrected chi connectivity index (χ4v) is 5.11. The maximum atomic E-state index is 13.2. The summed E-state index contributed by atoms with van der Waals surface area (Å²) in [6.07, 6.45) is 0.602. The third kappa shape index (κ3) is 5.61. The van der Waals surface area contributed by atoms with E-state index in [1.54, 1.807) is 7.11 Å². The van der Waals surface area contributed by atoms with Crippen molar-refractivity contribution in [2.75, 3.05) is 33.3 Å². The zero-order chi connectivity index (χ0) is 22.4. The molecule has 168 valence electrons. The second-order valence-electron chi connectivity index (χ2n) is 7.45. The van der Waals surface area contributed by atoms with Crippen molar-refractivity contribution in [1.82, 2.24) is 14.5 Å². The Morgan fingerprint density at radius 3 is 2.52 bits per heavy atom. The average molecular weight is 450 g/mol. The summed E-state index contributed by atoms with van der Waals surface area (Å²) >= 11 is 0. The van der Waals surface area contributed by atoms with Crippen molar-refractivity contribution in [1.29, 1.82) is 0 Å². The van der Waals surface area contributed by atoms with Gasteiger partial charge in [0.1, 0.15) is 11.6 Å². The van der Waals surface area contributed by atoms with E-state index >= 15 is 0 Å².